The highest BCUT2D eigenvalue weighted by Gasteiger charge is 2.19. The van der Waals surface area contributed by atoms with Crippen LogP contribution in [0.5, 0.6) is 0 Å². The Morgan fingerprint density at radius 1 is 1.32 bits per heavy atom. The summed E-state index contributed by atoms with van der Waals surface area (Å²) in [7, 11) is 0. The highest BCUT2D eigenvalue weighted by Crippen LogP contribution is 2.29. The SMILES string of the molecule is NNC(Cc1cccnc1N)c1c(F)cccc1Br. The van der Waals surface area contributed by atoms with Crippen molar-refractivity contribution in [3.63, 3.8) is 0 Å². The molecule has 6 heteroatoms. The van der Waals surface area contributed by atoms with Gasteiger partial charge in [0.1, 0.15) is 11.6 Å². The summed E-state index contributed by atoms with van der Waals surface area (Å²) in [5.74, 6) is 5.65. The normalized spacial score (nSPS) is 12.4. The second-order valence-electron chi connectivity index (χ2n) is 4.11. The van der Waals surface area contributed by atoms with Crippen molar-refractivity contribution in [2.24, 2.45) is 5.84 Å². The van der Waals surface area contributed by atoms with E-state index in [-0.39, 0.29) is 11.9 Å². The van der Waals surface area contributed by atoms with Gasteiger partial charge in [0.25, 0.3) is 0 Å². The topological polar surface area (TPSA) is 77.0 Å². The first-order valence-electron chi connectivity index (χ1n) is 5.73. The Morgan fingerprint density at radius 2 is 2.11 bits per heavy atom. The third kappa shape index (κ3) is 3.09. The van der Waals surface area contributed by atoms with E-state index in [9.17, 15) is 4.39 Å². The molecule has 4 nitrogen and oxygen atoms in total. The van der Waals surface area contributed by atoms with Crippen LogP contribution >= 0.6 is 15.9 Å². The van der Waals surface area contributed by atoms with Crippen molar-refractivity contribution in [1.29, 1.82) is 0 Å². The van der Waals surface area contributed by atoms with Gasteiger partial charge >= 0.3 is 0 Å². The molecule has 0 amide bonds. The van der Waals surface area contributed by atoms with Crippen LogP contribution in [0.1, 0.15) is 17.2 Å². The van der Waals surface area contributed by atoms with Crippen LogP contribution in [0.25, 0.3) is 0 Å². The molecule has 100 valence electrons. The van der Waals surface area contributed by atoms with Gasteiger partial charge in [-0.2, -0.15) is 0 Å². The van der Waals surface area contributed by atoms with E-state index in [2.05, 4.69) is 26.3 Å². The van der Waals surface area contributed by atoms with Crippen LogP contribution in [0.2, 0.25) is 0 Å². The smallest absolute Gasteiger partial charge is 0.129 e. The molecule has 1 heterocycles. The molecular formula is C13H14BrFN4. The predicted molar refractivity (Wildman–Crippen MR) is 76.5 cm³/mol. The van der Waals surface area contributed by atoms with Gasteiger partial charge in [-0.1, -0.05) is 28.1 Å². The highest BCUT2D eigenvalue weighted by atomic mass is 79.9. The zero-order chi connectivity index (χ0) is 13.8. The van der Waals surface area contributed by atoms with Gasteiger partial charge in [0.15, 0.2) is 0 Å². The monoisotopic (exact) mass is 324 g/mol. The molecule has 1 atom stereocenters. The molecule has 0 radical (unpaired) electrons. The fraction of sp³-hybridized carbons (Fsp3) is 0.154. The first kappa shape index (κ1) is 13.9. The van der Waals surface area contributed by atoms with Crippen molar-refractivity contribution >= 4 is 21.7 Å². The van der Waals surface area contributed by atoms with E-state index >= 15 is 0 Å². The van der Waals surface area contributed by atoms with Gasteiger partial charge in [-0.25, -0.2) is 9.37 Å². The zero-order valence-corrected chi connectivity index (χ0v) is 11.7. The molecule has 19 heavy (non-hydrogen) atoms. The molecule has 2 rings (SSSR count). The molecular weight excluding hydrogens is 311 g/mol. The van der Waals surface area contributed by atoms with Gasteiger partial charge in [-0.15, -0.1) is 0 Å². The molecule has 0 fully saturated rings. The lowest BCUT2D eigenvalue weighted by molar-refractivity contribution is 0.508. The minimum atomic E-state index is -0.387. The average Bonchev–Trinajstić information content (AvgIpc) is 2.39. The van der Waals surface area contributed by atoms with Crippen molar-refractivity contribution in [3.05, 3.63) is 57.9 Å². The number of pyridine rings is 1. The quantitative estimate of drug-likeness (QED) is 0.595. The lowest BCUT2D eigenvalue weighted by Gasteiger charge is -2.19. The van der Waals surface area contributed by atoms with Crippen LogP contribution < -0.4 is 17.0 Å². The maximum atomic E-state index is 13.9. The fourth-order valence-electron chi connectivity index (χ4n) is 1.93. The summed E-state index contributed by atoms with van der Waals surface area (Å²) in [4.78, 5) is 4.01. The first-order chi connectivity index (χ1) is 9.13. The van der Waals surface area contributed by atoms with E-state index in [1.54, 1.807) is 24.4 Å². The number of benzene rings is 1. The van der Waals surface area contributed by atoms with Crippen LogP contribution in [-0.4, -0.2) is 4.98 Å². The number of hydrogen-bond acceptors (Lipinski definition) is 4. The number of hydrazine groups is 1. The van der Waals surface area contributed by atoms with Crippen molar-refractivity contribution < 1.29 is 4.39 Å². The van der Waals surface area contributed by atoms with Crippen LogP contribution in [0.3, 0.4) is 0 Å². The highest BCUT2D eigenvalue weighted by molar-refractivity contribution is 9.10. The summed E-state index contributed by atoms with van der Waals surface area (Å²) < 4.78 is 14.6. The van der Waals surface area contributed by atoms with Crippen LogP contribution in [0.4, 0.5) is 10.2 Å². The molecule has 0 aliphatic carbocycles. The molecule has 0 bridgehead atoms. The van der Waals surface area contributed by atoms with E-state index in [4.69, 9.17) is 11.6 Å². The molecule has 5 N–H and O–H groups in total. The summed E-state index contributed by atoms with van der Waals surface area (Å²) in [5, 5.41) is 0. The molecule has 0 spiro atoms. The Morgan fingerprint density at radius 3 is 2.74 bits per heavy atom. The third-order valence-corrected chi connectivity index (χ3v) is 3.59. The molecule has 0 aliphatic heterocycles. The molecule has 0 aliphatic rings. The molecule has 0 saturated carbocycles. The van der Waals surface area contributed by atoms with Gasteiger partial charge in [-0.3, -0.25) is 11.3 Å². The fourth-order valence-corrected chi connectivity index (χ4v) is 2.55. The number of hydrogen-bond donors (Lipinski definition) is 3. The molecule has 1 aromatic carbocycles. The van der Waals surface area contributed by atoms with E-state index in [0.717, 1.165) is 5.56 Å². The summed E-state index contributed by atoms with van der Waals surface area (Å²) >= 11 is 3.34. The van der Waals surface area contributed by atoms with Crippen molar-refractivity contribution in [2.75, 3.05) is 5.73 Å². The first-order valence-corrected chi connectivity index (χ1v) is 6.52. The minimum absolute atomic E-state index is 0.320. The van der Waals surface area contributed by atoms with E-state index in [0.29, 0.717) is 22.3 Å². The minimum Gasteiger partial charge on any atom is -0.383 e. The Hall–Kier alpha value is -1.50. The molecule has 1 aromatic heterocycles. The van der Waals surface area contributed by atoms with Crippen LogP contribution in [-0.2, 0) is 6.42 Å². The number of halogens is 2. The Balaban J connectivity index is 2.34. The van der Waals surface area contributed by atoms with Gasteiger partial charge in [0, 0.05) is 16.2 Å². The lowest BCUT2D eigenvalue weighted by atomic mass is 9.99. The Labute approximate surface area is 119 Å². The van der Waals surface area contributed by atoms with Crippen LogP contribution in [0, 0.1) is 5.82 Å². The number of anilines is 1. The Bertz CT molecular complexity index is 556. The number of nitrogens with one attached hydrogen (secondary N) is 1. The molecule has 2 aromatic rings. The standard InChI is InChI=1S/C13H14BrFN4/c14-9-4-1-5-10(15)12(9)11(19-17)7-8-3-2-6-18-13(8)16/h1-6,11,19H,7,17H2,(H2,16,18). The molecule has 1 unspecified atom stereocenters. The number of rotatable bonds is 4. The van der Waals surface area contributed by atoms with Gasteiger partial charge in [0.05, 0.1) is 6.04 Å². The summed E-state index contributed by atoms with van der Waals surface area (Å²) in [5.41, 5.74) is 9.71. The van der Waals surface area contributed by atoms with E-state index in [1.807, 2.05) is 6.07 Å². The van der Waals surface area contributed by atoms with Gasteiger partial charge in [-0.05, 0) is 30.2 Å². The number of nitrogens with two attached hydrogens (primary N) is 2. The van der Waals surface area contributed by atoms with E-state index < -0.39 is 0 Å². The zero-order valence-electron chi connectivity index (χ0n) is 10.1. The summed E-state index contributed by atoms with van der Waals surface area (Å²) in [6.45, 7) is 0. The number of nitrogen functional groups attached to an aromatic ring is 1. The molecule has 0 saturated heterocycles. The Kier molecular flexibility index (Phi) is 4.47. The summed E-state index contributed by atoms with van der Waals surface area (Å²) in [6, 6.07) is 8.06. The third-order valence-electron chi connectivity index (χ3n) is 2.90. The second kappa shape index (κ2) is 6.10. The van der Waals surface area contributed by atoms with Crippen molar-refractivity contribution in [3.8, 4) is 0 Å². The number of aromatic nitrogens is 1. The summed E-state index contributed by atoms with van der Waals surface area (Å²) in [6.07, 6.45) is 2.07. The average molecular weight is 325 g/mol. The second-order valence-corrected chi connectivity index (χ2v) is 4.96. The van der Waals surface area contributed by atoms with Crippen LogP contribution in [0.15, 0.2) is 41.0 Å². The van der Waals surface area contributed by atoms with Gasteiger partial charge < -0.3 is 5.73 Å². The largest absolute Gasteiger partial charge is 0.383 e. The maximum Gasteiger partial charge on any atom is 0.129 e. The maximum absolute atomic E-state index is 13.9. The lowest BCUT2D eigenvalue weighted by Crippen LogP contribution is -2.30. The van der Waals surface area contributed by atoms with Gasteiger partial charge in [0.2, 0.25) is 0 Å². The predicted octanol–water partition coefficient (Wildman–Crippen LogP) is 2.31. The number of nitrogens with zero attached hydrogens (tertiary/aromatic N) is 1. The van der Waals surface area contributed by atoms with Crippen molar-refractivity contribution in [2.45, 2.75) is 12.5 Å². The van der Waals surface area contributed by atoms with Crippen molar-refractivity contribution in [1.82, 2.24) is 10.4 Å². The van der Waals surface area contributed by atoms with E-state index in [1.165, 1.54) is 6.07 Å².